The SMILES string of the molecule is Nc1ccc(CC(=O)CCl)cc1CBr. The fraction of sp³-hybridized carbons (Fsp3) is 0.300. The maximum absolute atomic E-state index is 11.1. The van der Waals surface area contributed by atoms with Crippen molar-refractivity contribution in [2.45, 2.75) is 11.8 Å². The normalized spacial score (nSPS) is 10.1. The molecule has 1 aromatic rings. The maximum Gasteiger partial charge on any atom is 0.151 e. The summed E-state index contributed by atoms with van der Waals surface area (Å²) < 4.78 is 0. The van der Waals surface area contributed by atoms with Gasteiger partial charge in [0.25, 0.3) is 0 Å². The first-order valence-electron chi connectivity index (χ1n) is 4.18. The Hall–Kier alpha value is -0.540. The van der Waals surface area contributed by atoms with Gasteiger partial charge in [0.15, 0.2) is 5.78 Å². The van der Waals surface area contributed by atoms with Crippen LogP contribution in [0.3, 0.4) is 0 Å². The molecule has 2 nitrogen and oxygen atoms in total. The summed E-state index contributed by atoms with van der Waals surface area (Å²) in [5.41, 5.74) is 8.42. The molecule has 0 heterocycles. The van der Waals surface area contributed by atoms with Crippen LogP contribution in [0, 0.1) is 0 Å². The first-order valence-corrected chi connectivity index (χ1v) is 5.84. The minimum absolute atomic E-state index is 0.0250. The van der Waals surface area contributed by atoms with Crippen LogP contribution < -0.4 is 5.73 Å². The van der Waals surface area contributed by atoms with Gasteiger partial charge in [0.2, 0.25) is 0 Å². The average molecular weight is 277 g/mol. The predicted molar refractivity (Wildman–Crippen MR) is 62.9 cm³/mol. The standard InChI is InChI=1S/C10H11BrClNO/c11-5-8-3-7(1-2-10(8)13)4-9(14)6-12/h1-3H,4-6,13H2. The molecule has 0 aliphatic heterocycles. The van der Waals surface area contributed by atoms with E-state index in [2.05, 4.69) is 15.9 Å². The number of carbonyl (C=O) groups is 1. The largest absolute Gasteiger partial charge is 0.398 e. The van der Waals surface area contributed by atoms with E-state index in [0.717, 1.165) is 16.8 Å². The third-order valence-corrected chi connectivity index (χ3v) is 2.80. The Labute approximate surface area is 96.6 Å². The number of anilines is 1. The quantitative estimate of drug-likeness (QED) is 0.678. The highest BCUT2D eigenvalue weighted by Crippen LogP contribution is 2.17. The van der Waals surface area contributed by atoms with Crippen molar-refractivity contribution in [1.82, 2.24) is 0 Å². The fourth-order valence-corrected chi connectivity index (χ4v) is 1.74. The molecule has 0 unspecified atom stereocenters. The van der Waals surface area contributed by atoms with Crippen LogP contribution in [-0.2, 0) is 16.5 Å². The van der Waals surface area contributed by atoms with Crippen molar-refractivity contribution in [3.63, 3.8) is 0 Å². The van der Waals surface area contributed by atoms with E-state index in [-0.39, 0.29) is 11.7 Å². The molecule has 0 aliphatic carbocycles. The zero-order chi connectivity index (χ0) is 10.6. The van der Waals surface area contributed by atoms with Gasteiger partial charge in [-0.1, -0.05) is 28.1 Å². The molecule has 1 rings (SSSR count). The third kappa shape index (κ3) is 3.00. The van der Waals surface area contributed by atoms with E-state index >= 15 is 0 Å². The van der Waals surface area contributed by atoms with Crippen LogP contribution in [0.25, 0.3) is 0 Å². The molecular weight excluding hydrogens is 265 g/mol. The molecule has 76 valence electrons. The average Bonchev–Trinajstić information content (AvgIpc) is 2.20. The number of Topliss-reactive ketones (excluding diaryl/α,β-unsaturated/α-hetero) is 1. The predicted octanol–water partition coefficient (Wildman–Crippen LogP) is 2.51. The van der Waals surface area contributed by atoms with Gasteiger partial charge in [-0.2, -0.15) is 0 Å². The molecular formula is C10H11BrClNO. The summed E-state index contributed by atoms with van der Waals surface area (Å²) in [6, 6.07) is 5.59. The molecule has 14 heavy (non-hydrogen) atoms. The summed E-state index contributed by atoms with van der Waals surface area (Å²) in [5.74, 6) is 0.0885. The van der Waals surface area contributed by atoms with Crippen LogP contribution in [0.1, 0.15) is 11.1 Å². The Balaban J connectivity index is 2.84. The monoisotopic (exact) mass is 275 g/mol. The van der Waals surface area contributed by atoms with Crippen molar-refractivity contribution < 1.29 is 4.79 Å². The van der Waals surface area contributed by atoms with E-state index in [9.17, 15) is 4.79 Å². The lowest BCUT2D eigenvalue weighted by Crippen LogP contribution is -2.04. The van der Waals surface area contributed by atoms with Gasteiger partial charge in [-0.3, -0.25) is 4.79 Å². The zero-order valence-corrected chi connectivity index (χ0v) is 9.94. The van der Waals surface area contributed by atoms with Crippen molar-refractivity contribution in [2.24, 2.45) is 0 Å². The number of halogens is 2. The molecule has 0 radical (unpaired) electrons. The van der Waals surface area contributed by atoms with Crippen LogP contribution in [0.15, 0.2) is 18.2 Å². The molecule has 0 amide bonds. The van der Waals surface area contributed by atoms with Gasteiger partial charge in [-0.05, 0) is 17.2 Å². The number of benzene rings is 1. The molecule has 2 N–H and O–H groups in total. The van der Waals surface area contributed by atoms with Crippen LogP contribution in [0.2, 0.25) is 0 Å². The first kappa shape index (κ1) is 11.5. The minimum atomic E-state index is 0.0250. The maximum atomic E-state index is 11.1. The topological polar surface area (TPSA) is 43.1 Å². The molecule has 0 saturated carbocycles. The van der Waals surface area contributed by atoms with Gasteiger partial charge in [-0.25, -0.2) is 0 Å². The van der Waals surface area contributed by atoms with E-state index in [1.807, 2.05) is 18.2 Å². The van der Waals surface area contributed by atoms with E-state index in [1.54, 1.807) is 0 Å². The Kier molecular flexibility index (Phi) is 4.42. The number of rotatable bonds is 4. The number of alkyl halides is 2. The van der Waals surface area contributed by atoms with Crippen molar-refractivity contribution in [3.8, 4) is 0 Å². The molecule has 0 bridgehead atoms. The lowest BCUT2D eigenvalue weighted by Gasteiger charge is -2.05. The highest BCUT2D eigenvalue weighted by Gasteiger charge is 2.04. The number of carbonyl (C=O) groups excluding carboxylic acids is 1. The van der Waals surface area contributed by atoms with Gasteiger partial charge in [0.1, 0.15) is 0 Å². The summed E-state index contributed by atoms with van der Waals surface area (Å²) in [5, 5.41) is 0.696. The van der Waals surface area contributed by atoms with Crippen LogP contribution >= 0.6 is 27.5 Å². The Morgan fingerprint density at radius 1 is 1.50 bits per heavy atom. The van der Waals surface area contributed by atoms with E-state index in [4.69, 9.17) is 17.3 Å². The molecule has 0 aliphatic rings. The molecule has 0 atom stereocenters. The first-order chi connectivity index (χ1) is 6.67. The van der Waals surface area contributed by atoms with Crippen molar-refractivity contribution in [2.75, 3.05) is 11.6 Å². The summed E-state index contributed by atoms with van der Waals surface area (Å²) in [7, 11) is 0. The van der Waals surface area contributed by atoms with Gasteiger partial charge >= 0.3 is 0 Å². The van der Waals surface area contributed by atoms with Gasteiger partial charge in [0.05, 0.1) is 5.88 Å². The molecule has 4 heteroatoms. The Morgan fingerprint density at radius 2 is 2.21 bits per heavy atom. The van der Waals surface area contributed by atoms with E-state index in [0.29, 0.717) is 11.8 Å². The second kappa shape index (κ2) is 5.37. The highest BCUT2D eigenvalue weighted by atomic mass is 79.9. The second-order valence-corrected chi connectivity index (χ2v) is 3.84. The molecule has 0 aromatic heterocycles. The summed E-state index contributed by atoms with van der Waals surface area (Å²) in [6.07, 6.45) is 0.379. The molecule has 0 spiro atoms. The van der Waals surface area contributed by atoms with Crippen molar-refractivity contribution >= 4 is 39.0 Å². The molecule has 0 saturated heterocycles. The molecule has 0 fully saturated rings. The van der Waals surface area contributed by atoms with Crippen LogP contribution in [0.4, 0.5) is 5.69 Å². The lowest BCUT2D eigenvalue weighted by atomic mass is 10.1. The Morgan fingerprint density at radius 3 is 2.79 bits per heavy atom. The third-order valence-electron chi connectivity index (χ3n) is 1.90. The van der Waals surface area contributed by atoms with E-state index < -0.39 is 0 Å². The number of ketones is 1. The van der Waals surface area contributed by atoms with Gasteiger partial charge in [-0.15, -0.1) is 11.6 Å². The summed E-state index contributed by atoms with van der Waals surface area (Å²) in [4.78, 5) is 11.1. The molecule has 1 aromatic carbocycles. The summed E-state index contributed by atoms with van der Waals surface area (Å²) in [6.45, 7) is 0. The lowest BCUT2D eigenvalue weighted by molar-refractivity contribution is -0.116. The van der Waals surface area contributed by atoms with E-state index in [1.165, 1.54) is 0 Å². The van der Waals surface area contributed by atoms with Crippen molar-refractivity contribution in [1.29, 1.82) is 0 Å². The van der Waals surface area contributed by atoms with Crippen molar-refractivity contribution in [3.05, 3.63) is 29.3 Å². The highest BCUT2D eigenvalue weighted by molar-refractivity contribution is 9.08. The van der Waals surface area contributed by atoms with Gasteiger partial charge < -0.3 is 5.73 Å². The van der Waals surface area contributed by atoms with Gasteiger partial charge in [0, 0.05) is 17.4 Å². The van der Waals surface area contributed by atoms with Crippen LogP contribution in [0.5, 0.6) is 0 Å². The number of hydrogen-bond donors (Lipinski definition) is 1. The number of nitrogens with two attached hydrogens (primary N) is 1. The van der Waals surface area contributed by atoms with Crippen LogP contribution in [-0.4, -0.2) is 11.7 Å². The second-order valence-electron chi connectivity index (χ2n) is 3.02. The Bertz CT molecular complexity index is 341. The fourth-order valence-electron chi connectivity index (χ4n) is 1.16. The number of nitrogen functional groups attached to an aromatic ring is 1. The minimum Gasteiger partial charge on any atom is -0.398 e. The summed E-state index contributed by atoms with van der Waals surface area (Å²) >= 11 is 8.76. The number of hydrogen-bond acceptors (Lipinski definition) is 2. The zero-order valence-electron chi connectivity index (χ0n) is 7.59. The smallest absolute Gasteiger partial charge is 0.151 e.